The molecule has 158 valence electrons. The van der Waals surface area contributed by atoms with Gasteiger partial charge >= 0.3 is 6.18 Å². The van der Waals surface area contributed by atoms with Gasteiger partial charge in [0.05, 0.1) is 10.6 Å². The summed E-state index contributed by atoms with van der Waals surface area (Å²) < 4.78 is 63.6. The Hall–Kier alpha value is -2.06. The van der Waals surface area contributed by atoms with Gasteiger partial charge in [-0.15, -0.1) is 0 Å². The summed E-state index contributed by atoms with van der Waals surface area (Å²) in [5.41, 5.74) is 1.09. The monoisotopic (exact) mass is 474 g/mol. The van der Waals surface area contributed by atoms with Gasteiger partial charge in [0.2, 0.25) is 0 Å². The van der Waals surface area contributed by atoms with Gasteiger partial charge in [-0.3, -0.25) is 0 Å². The summed E-state index contributed by atoms with van der Waals surface area (Å²) in [6, 6.07) is 15.8. The molecule has 0 bridgehead atoms. The predicted octanol–water partition coefficient (Wildman–Crippen LogP) is 6.23. The lowest BCUT2D eigenvalue weighted by molar-refractivity contribution is -0.206. The summed E-state index contributed by atoms with van der Waals surface area (Å²) >= 11 is 12.1. The highest BCUT2D eigenvalue weighted by Crippen LogP contribution is 2.34. The van der Waals surface area contributed by atoms with E-state index in [0.29, 0.717) is 21.2 Å². The van der Waals surface area contributed by atoms with Crippen LogP contribution in [0.2, 0.25) is 10.0 Å². The maximum Gasteiger partial charge on any atom is 0.418 e. The van der Waals surface area contributed by atoms with Crippen molar-refractivity contribution in [2.45, 2.75) is 22.9 Å². The third kappa shape index (κ3) is 5.16. The van der Waals surface area contributed by atoms with Crippen molar-refractivity contribution in [2.75, 3.05) is 0 Å². The molecule has 0 heterocycles. The van der Waals surface area contributed by atoms with Crippen LogP contribution in [-0.4, -0.2) is 19.7 Å². The molecule has 0 spiro atoms. The average Bonchev–Trinajstić information content (AvgIpc) is 2.67. The number of hydrogen-bond acceptors (Lipinski definition) is 3. The van der Waals surface area contributed by atoms with Gasteiger partial charge in [0, 0.05) is 15.6 Å². The highest BCUT2D eigenvalue weighted by Gasteiger charge is 2.39. The van der Waals surface area contributed by atoms with E-state index in [1.807, 2.05) is 0 Å². The highest BCUT2D eigenvalue weighted by molar-refractivity contribution is 7.90. The van der Waals surface area contributed by atoms with Crippen LogP contribution < -0.4 is 0 Å². The van der Waals surface area contributed by atoms with Crippen LogP contribution in [0.25, 0.3) is 11.1 Å². The highest BCUT2D eigenvalue weighted by atomic mass is 35.5. The number of aliphatic hydroxyl groups excluding tert-OH is 1. The number of halogens is 5. The van der Waals surface area contributed by atoms with E-state index in [1.165, 1.54) is 24.3 Å². The summed E-state index contributed by atoms with van der Waals surface area (Å²) in [4.78, 5) is 0.0121. The Balaban J connectivity index is 1.84. The Morgan fingerprint density at radius 2 is 1.60 bits per heavy atom. The van der Waals surface area contributed by atoms with Gasteiger partial charge in [-0.05, 0) is 41.0 Å². The van der Waals surface area contributed by atoms with Gasteiger partial charge in [-0.1, -0.05) is 65.7 Å². The molecule has 3 rings (SSSR count). The van der Waals surface area contributed by atoms with Crippen molar-refractivity contribution in [3.8, 4) is 11.1 Å². The van der Waals surface area contributed by atoms with Gasteiger partial charge < -0.3 is 5.11 Å². The van der Waals surface area contributed by atoms with Crippen LogP contribution in [0.3, 0.4) is 0 Å². The number of aliphatic hydroxyl groups is 1. The summed E-state index contributed by atoms with van der Waals surface area (Å²) in [5.74, 6) is -0.507. The molecule has 0 aliphatic heterocycles. The molecule has 1 atom stereocenters. The largest absolute Gasteiger partial charge is 0.418 e. The first kappa shape index (κ1) is 22.6. The van der Waals surface area contributed by atoms with E-state index in [-0.39, 0.29) is 10.5 Å². The maximum absolute atomic E-state index is 12.7. The lowest BCUT2D eigenvalue weighted by Crippen LogP contribution is -2.20. The third-order valence-corrected chi connectivity index (χ3v) is 6.64. The van der Waals surface area contributed by atoms with Gasteiger partial charge in [0.1, 0.15) is 0 Å². The molecule has 9 heteroatoms. The molecule has 3 aromatic carbocycles. The van der Waals surface area contributed by atoms with Crippen molar-refractivity contribution in [1.82, 2.24) is 0 Å². The number of benzene rings is 3. The first-order valence-electron chi connectivity index (χ1n) is 8.59. The standard InChI is InChI=1S/C21H15Cl2F3O3S/c22-16-6-9-18(19(23)11-16)14-4-7-17(8-5-14)30(28,29)12-13-2-1-3-15(10-13)20(27)21(24,25)26/h1-11,20,27H,12H2. The smallest absolute Gasteiger partial charge is 0.379 e. The minimum Gasteiger partial charge on any atom is -0.379 e. The van der Waals surface area contributed by atoms with E-state index in [9.17, 15) is 26.7 Å². The van der Waals surface area contributed by atoms with E-state index in [2.05, 4.69) is 0 Å². The molecule has 30 heavy (non-hydrogen) atoms. The van der Waals surface area contributed by atoms with E-state index >= 15 is 0 Å². The topological polar surface area (TPSA) is 54.4 Å². The Bertz CT molecular complexity index is 1160. The van der Waals surface area contributed by atoms with Crippen molar-refractivity contribution in [2.24, 2.45) is 0 Å². The van der Waals surface area contributed by atoms with Crippen LogP contribution in [0.5, 0.6) is 0 Å². The molecule has 0 aromatic heterocycles. The van der Waals surface area contributed by atoms with Crippen molar-refractivity contribution >= 4 is 33.0 Å². The molecule has 1 N–H and O–H groups in total. The Morgan fingerprint density at radius 3 is 2.20 bits per heavy atom. The van der Waals surface area contributed by atoms with Crippen LogP contribution in [0, 0.1) is 0 Å². The van der Waals surface area contributed by atoms with Crippen LogP contribution >= 0.6 is 23.2 Å². The van der Waals surface area contributed by atoms with Gasteiger partial charge in [-0.25, -0.2) is 8.42 Å². The lowest BCUT2D eigenvalue weighted by atomic mass is 10.1. The van der Waals surface area contributed by atoms with E-state index < -0.39 is 33.4 Å². The fraction of sp³-hybridized carbons (Fsp3) is 0.143. The first-order valence-corrected chi connectivity index (χ1v) is 11.0. The van der Waals surface area contributed by atoms with E-state index in [1.54, 1.807) is 30.3 Å². The minimum absolute atomic E-state index is 0.0121. The SMILES string of the molecule is O=S(=O)(Cc1cccc(C(O)C(F)(F)F)c1)c1ccc(-c2ccc(Cl)cc2Cl)cc1. The summed E-state index contributed by atoms with van der Waals surface area (Å²) in [6.07, 6.45) is -7.51. The molecule has 0 saturated heterocycles. The molecular formula is C21H15Cl2F3O3S. The third-order valence-electron chi connectivity index (χ3n) is 4.39. The summed E-state index contributed by atoms with van der Waals surface area (Å²) in [5, 5.41) is 10.3. The number of rotatable bonds is 5. The normalized spacial score (nSPS) is 13.3. The summed E-state index contributed by atoms with van der Waals surface area (Å²) in [7, 11) is -3.82. The lowest BCUT2D eigenvalue weighted by Gasteiger charge is -2.15. The molecule has 0 amide bonds. The number of hydrogen-bond donors (Lipinski definition) is 1. The molecule has 0 radical (unpaired) electrons. The van der Waals surface area contributed by atoms with Crippen molar-refractivity contribution in [3.05, 3.63) is 87.9 Å². The molecule has 0 aliphatic rings. The quantitative estimate of drug-likeness (QED) is 0.476. The zero-order valence-corrected chi connectivity index (χ0v) is 17.5. The Labute approximate surface area is 181 Å². The molecule has 0 saturated carbocycles. The molecule has 3 aromatic rings. The van der Waals surface area contributed by atoms with Crippen molar-refractivity contribution in [3.63, 3.8) is 0 Å². The minimum atomic E-state index is -4.84. The van der Waals surface area contributed by atoms with Crippen molar-refractivity contribution < 1.29 is 26.7 Å². The fourth-order valence-corrected chi connectivity index (χ4v) is 4.76. The van der Waals surface area contributed by atoms with Gasteiger partial charge in [0.25, 0.3) is 0 Å². The number of alkyl halides is 3. The zero-order valence-electron chi connectivity index (χ0n) is 15.2. The average molecular weight is 475 g/mol. The molecule has 0 fully saturated rings. The molecule has 1 unspecified atom stereocenters. The van der Waals surface area contributed by atoms with Gasteiger partial charge in [0.15, 0.2) is 15.9 Å². The fourth-order valence-electron chi connectivity index (χ4n) is 2.91. The molecular weight excluding hydrogens is 460 g/mol. The van der Waals surface area contributed by atoms with Crippen LogP contribution in [0.4, 0.5) is 13.2 Å². The second-order valence-corrected chi connectivity index (χ2v) is 9.43. The Kier molecular flexibility index (Phi) is 6.48. The van der Waals surface area contributed by atoms with Gasteiger partial charge in [-0.2, -0.15) is 13.2 Å². The van der Waals surface area contributed by atoms with Crippen molar-refractivity contribution in [1.29, 1.82) is 0 Å². The van der Waals surface area contributed by atoms with E-state index in [0.717, 1.165) is 12.1 Å². The zero-order chi connectivity index (χ0) is 22.1. The molecule has 3 nitrogen and oxygen atoms in total. The maximum atomic E-state index is 12.7. The number of sulfone groups is 1. The Morgan fingerprint density at radius 1 is 0.933 bits per heavy atom. The van der Waals surface area contributed by atoms with Crippen LogP contribution in [0.15, 0.2) is 71.6 Å². The van der Waals surface area contributed by atoms with Crippen LogP contribution in [0.1, 0.15) is 17.2 Å². The van der Waals surface area contributed by atoms with Crippen LogP contribution in [-0.2, 0) is 15.6 Å². The first-order chi connectivity index (χ1) is 14.0. The predicted molar refractivity (Wildman–Crippen MR) is 110 cm³/mol. The van der Waals surface area contributed by atoms with E-state index in [4.69, 9.17) is 23.2 Å². The second kappa shape index (κ2) is 8.59. The summed E-state index contributed by atoms with van der Waals surface area (Å²) in [6.45, 7) is 0. The second-order valence-electron chi connectivity index (χ2n) is 6.60. The molecule has 0 aliphatic carbocycles.